The van der Waals surface area contributed by atoms with E-state index in [4.69, 9.17) is 4.74 Å². The third-order valence-electron chi connectivity index (χ3n) is 4.45. The predicted octanol–water partition coefficient (Wildman–Crippen LogP) is 6.86. The zero-order chi connectivity index (χ0) is 17.9. The highest BCUT2D eigenvalue weighted by molar-refractivity contribution is 5.88. The first kappa shape index (κ1) is 23.0. The molecular weight excluding hydrogens is 300 g/mol. The van der Waals surface area contributed by atoms with Gasteiger partial charge in [0, 0.05) is 0 Å². The van der Waals surface area contributed by atoms with Crippen LogP contribution in [0.4, 0.5) is 0 Å². The molecule has 0 amide bonds. The number of esters is 1. The van der Waals surface area contributed by atoms with Crippen molar-refractivity contribution in [1.29, 1.82) is 0 Å². The maximum atomic E-state index is 11.9. The Balaban J connectivity index is 3.55. The van der Waals surface area contributed by atoms with Gasteiger partial charge in [0.15, 0.2) is 0 Å². The van der Waals surface area contributed by atoms with E-state index in [1.54, 1.807) is 0 Å². The van der Waals surface area contributed by atoms with Crippen LogP contribution in [-0.2, 0) is 9.53 Å². The highest BCUT2D eigenvalue weighted by Crippen LogP contribution is 2.13. The summed E-state index contributed by atoms with van der Waals surface area (Å²) in [6.07, 6.45) is 18.5. The van der Waals surface area contributed by atoms with Gasteiger partial charge in [-0.2, -0.15) is 0 Å². The summed E-state index contributed by atoms with van der Waals surface area (Å²) in [6.45, 7) is 4.91. The summed E-state index contributed by atoms with van der Waals surface area (Å²) in [6, 6.07) is 0. The number of carbonyl (C=O) groups is 1. The molecule has 24 heavy (non-hydrogen) atoms. The van der Waals surface area contributed by atoms with Gasteiger partial charge >= 0.3 is 5.97 Å². The first-order chi connectivity index (χ1) is 11.8. The molecule has 0 aromatic heterocycles. The van der Waals surface area contributed by atoms with Gasteiger partial charge in [0.05, 0.1) is 18.4 Å². The molecule has 142 valence electrons. The van der Waals surface area contributed by atoms with Crippen LogP contribution in [0.5, 0.6) is 0 Å². The predicted molar refractivity (Wildman–Crippen MR) is 102 cm³/mol. The van der Waals surface area contributed by atoms with Crippen molar-refractivity contribution in [2.24, 2.45) is 0 Å². The number of rotatable bonds is 17. The summed E-state index contributed by atoms with van der Waals surface area (Å²) in [5.74, 6) is -0.339. The molecule has 0 aromatic rings. The molecule has 0 unspecified atom stereocenters. The van der Waals surface area contributed by atoms with E-state index in [1.165, 1.54) is 64.2 Å². The average Bonchev–Trinajstić information content (AvgIpc) is 2.59. The number of hydrogen-bond donors (Lipinski definition) is 1. The molecule has 0 bridgehead atoms. The van der Waals surface area contributed by atoms with E-state index in [9.17, 15) is 9.90 Å². The van der Waals surface area contributed by atoms with Crippen LogP contribution in [0.3, 0.4) is 0 Å². The second kappa shape index (κ2) is 18.4. The van der Waals surface area contributed by atoms with Crippen molar-refractivity contribution in [3.63, 3.8) is 0 Å². The second-order valence-corrected chi connectivity index (χ2v) is 6.78. The van der Waals surface area contributed by atoms with Gasteiger partial charge < -0.3 is 9.84 Å². The summed E-state index contributed by atoms with van der Waals surface area (Å²) in [4.78, 5) is 11.9. The van der Waals surface area contributed by atoms with Gasteiger partial charge in [0.2, 0.25) is 0 Å². The molecule has 3 heteroatoms. The molecule has 0 fully saturated rings. The molecule has 0 radical (unpaired) electrons. The topological polar surface area (TPSA) is 46.5 Å². The summed E-state index contributed by atoms with van der Waals surface area (Å²) in [5, 5.41) is 9.22. The Bertz CT molecular complexity index is 310. The van der Waals surface area contributed by atoms with E-state index in [0.717, 1.165) is 31.9 Å². The fourth-order valence-electron chi connectivity index (χ4n) is 2.81. The van der Waals surface area contributed by atoms with Gasteiger partial charge in [0.25, 0.3) is 0 Å². The van der Waals surface area contributed by atoms with Gasteiger partial charge in [-0.15, -0.1) is 0 Å². The Kier molecular flexibility index (Phi) is 17.6. The molecule has 0 aliphatic rings. The lowest BCUT2D eigenvalue weighted by Crippen LogP contribution is -2.09. The van der Waals surface area contributed by atoms with Crippen molar-refractivity contribution < 1.29 is 14.6 Å². The van der Waals surface area contributed by atoms with Crippen LogP contribution in [0, 0.1) is 0 Å². The third kappa shape index (κ3) is 14.6. The number of aliphatic hydroxyl groups is 1. The SMILES string of the molecule is CCCCCCCCCCOC(=O)C(=CO)CCCCCCCC. The summed E-state index contributed by atoms with van der Waals surface area (Å²) < 4.78 is 5.27. The average molecular weight is 341 g/mol. The van der Waals surface area contributed by atoms with E-state index < -0.39 is 0 Å². The third-order valence-corrected chi connectivity index (χ3v) is 4.45. The van der Waals surface area contributed by atoms with Gasteiger partial charge in [-0.1, -0.05) is 90.9 Å². The molecule has 0 aliphatic carbocycles. The van der Waals surface area contributed by atoms with Crippen molar-refractivity contribution in [3.8, 4) is 0 Å². The minimum absolute atomic E-state index is 0.339. The molecule has 0 saturated carbocycles. The van der Waals surface area contributed by atoms with Crippen LogP contribution in [0.25, 0.3) is 0 Å². The lowest BCUT2D eigenvalue weighted by Gasteiger charge is -2.07. The zero-order valence-electron chi connectivity index (χ0n) is 16.2. The molecule has 0 rings (SSSR count). The fraction of sp³-hybridized carbons (Fsp3) is 0.857. The Morgan fingerprint density at radius 3 is 1.71 bits per heavy atom. The number of hydrogen-bond acceptors (Lipinski definition) is 3. The molecule has 0 saturated heterocycles. The Morgan fingerprint density at radius 1 is 0.750 bits per heavy atom. The molecule has 1 N–H and O–H groups in total. The van der Waals surface area contributed by atoms with Crippen LogP contribution < -0.4 is 0 Å². The van der Waals surface area contributed by atoms with Gasteiger partial charge in [0.1, 0.15) is 0 Å². The Morgan fingerprint density at radius 2 is 1.21 bits per heavy atom. The van der Waals surface area contributed by atoms with Crippen molar-refractivity contribution in [2.75, 3.05) is 6.61 Å². The number of carbonyl (C=O) groups excluding carboxylic acids is 1. The lowest BCUT2D eigenvalue weighted by molar-refractivity contribution is -0.139. The van der Waals surface area contributed by atoms with Crippen molar-refractivity contribution in [1.82, 2.24) is 0 Å². The highest BCUT2D eigenvalue weighted by Gasteiger charge is 2.10. The molecule has 3 nitrogen and oxygen atoms in total. The normalized spacial score (nSPS) is 11.7. The molecule has 0 spiro atoms. The fourth-order valence-corrected chi connectivity index (χ4v) is 2.81. The first-order valence-electron chi connectivity index (χ1n) is 10.3. The van der Waals surface area contributed by atoms with Crippen LogP contribution in [0.15, 0.2) is 11.8 Å². The van der Waals surface area contributed by atoms with E-state index in [0.29, 0.717) is 18.6 Å². The first-order valence-corrected chi connectivity index (χ1v) is 10.3. The lowest BCUT2D eigenvalue weighted by atomic mass is 10.1. The molecule has 0 aliphatic heterocycles. The van der Waals surface area contributed by atoms with Crippen LogP contribution in [0.1, 0.15) is 110 Å². The summed E-state index contributed by atoms with van der Waals surface area (Å²) in [5.41, 5.74) is 0.421. The smallest absolute Gasteiger partial charge is 0.337 e. The highest BCUT2D eigenvalue weighted by atomic mass is 16.5. The minimum Gasteiger partial charge on any atom is -0.515 e. The monoisotopic (exact) mass is 340 g/mol. The molecule has 0 heterocycles. The number of aliphatic hydroxyl groups excluding tert-OH is 1. The molecule has 0 atom stereocenters. The largest absolute Gasteiger partial charge is 0.515 e. The van der Waals surface area contributed by atoms with E-state index in [2.05, 4.69) is 13.8 Å². The van der Waals surface area contributed by atoms with Crippen molar-refractivity contribution in [3.05, 3.63) is 11.8 Å². The number of ether oxygens (including phenoxy) is 1. The summed E-state index contributed by atoms with van der Waals surface area (Å²) in [7, 11) is 0. The minimum atomic E-state index is -0.339. The Labute approximate surface area is 149 Å². The summed E-state index contributed by atoms with van der Waals surface area (Å²) >= 11 is 0. The van der Waals surface area contributed by atoms with E-state index >= 15 is 0 Å². The maximum absolute atomic E-state index is 11.9. The molecular formula is C21H40O3. The maximum Gasteiger partial charge on any atom is 0.337 e. The van der Waals surface area contributed by atoms with Crippen LogP contribution in [0.2, 0.25) is 0 Å². The zero-order valence-corrected chi connectivity index (χ0v) is 16.2. The van der Waals surface area contributed by atoms with Gasteiger partial charge in [-0.05, 0) is 19.3 Å². The van der Waals surface area contributed by atoms with Crippen molar-refractivity contribution in [2.45, 2.75) is 110 Å². The quantitative estimate of drug-likeness (QED) is 0.136. The van der Waals surface area contributed by atoms with Crippen LogP contribution >= 0.6 is 0 Å². The van der Waals surface area contributed by atoms with Gasteiger partial charge in [-0.3, -0.25) is 0 Å². The number of unbranched alkanes of at least 4 members (excludes halogenated alkanes) is 12. The van der Waals surface area contributed by atoms with Crippen LogP contribution in [-0.4, -0.2) is 17.7 Å². The van der Waals surface area contributed by atoms with E-state index in [-0.39, 0.29) is 5.97 Å². The van der Waals surface area contributed by atoms with Crippen molar-refractivity contribution >= 4 is 5.97 Å². The second-order valence-electron chi connectivity index (χ2n) is 6.78. The standard InChI is InChI=1S/C21H40O3/c1-3-5-7-9-11-12-14-16-18-24-21(23)20(19-22)17-15-13-10-8-6-4-2/h19,22H,3-18H2,1-2H3. The Hall–Kier alpha value is -0.990. The van der Waals surface area contributed by atoms with E-state index in [1.807, 2.05) is 0 Å². The molecule has 0 aromatic carbocycles. The van der Waals surface area contributed by atoms with Gasteiger partial charge in [-0.25, -0.2) is 4.79 Å².